The topological polar surface area (TPSA) is 42.2 Å². The summed E-state index contributed by atoms with van der Waals surface area (Å²) in [6, 6.07) is 7.64. The Morgan fingerprint density at radius 2 is 1.78 bits per heavy atom. The van der Waals surface area contributed by atoms with Crippen molar-refractivity contribution in [2.75, 3.05) is 13.1 Å². The van der Waals surface area contributed by atoms with Crippen LogP contribution in [0.1, 0.15) is 36.1 Å². The van der Waals surface area contributed by atoms with Crippen LogP contribution in [0.3, 0.4) is 0 Å². The molecule has 23 heavy (non-hydrogen) atoms. The van der Waals surface area contributed by atoms with Crippen LogP contribution in [0.4, 0.5) is 13.2 Å². The lowest BCUT2D eigenvalue weighted by molar-refractivity contribution is -0.157. The number of hydrogen-bond acceptors (Lipinski definition) is 4. The Morgan fingerprint density at radius 3 is 2.35 bits per heavy atom. The van der Waals surface area contributed by atoms with E-state index in [1.807, 2.05) is 24.3 Å². The van der Waals surface area contributed by atoms with Gasteiger partial charge >= 0.3 is 12.1 Å². The maximum absolute atomic E-state index is 12.5. The number of likely N-dealkylation sites (tertiary alicyclic amines) is 1. The van der Waals surface area contributed by atoms with Crippen LogP contribution in [-0.2, 0) is 12.7 Å². The molecule has 1 fully saturated rings. The number of rotatable bonds is 3. The molecule has 2 aromatic rings. The average molecular weight is 346 g/mol. The minimum Gasteiger partial charge on any atom is -0.417 e. The van der Waals surface area contributed by atoms with Gasteiger partial charge < -0.3 is 4.42 Å². The van der Waals surface area contributed by atoms with Gasteiger partial charge in [-0.05, 0) is 43.6 Å². The molecule has 1 aromatic carbocycles. The fraction of sp³-hybridized carbons (Fsp3) is 0.467. The first-order valence-corrected chi connectivity index (χ1v) is 7.67. The molecule has 0 bridgehead atoms. The molecule has 124 valence electrons. The normalized spacial score (nSPS) is 17.6. The van der Waals surface area contributed by atoms with Gasteiger partial charge in [-0.15, -0.1) is 10.2 Å². The molecule has 2 heterocycles. The van der Waals surface area contributed by atoms with E-state index in [0.717, 1.165) is 25.2 Å². The quantitative estimate of drug-likeness (QED) is 0.839. The Hall–Kier alpha value is -1.60. The molecular formula is C15H15ClF3N3O. The van der Waals surface area contributed by atoms with Crippen LogP contribution in [0, 0.1) is 0 Å². The van der Waals surface area contributed by atoms with Crippen molar-refractivity contribution in [3.05, 3.63) is 46.6 Å². The lowest BCUT2D eigenvalue weighted by Gasteiger charge is -2.30. The summed E-state index contributed by atoms with van der Waals surface area (Å²) in [5.74, 6) is -1.29. The Morgan fingerprint density at radius 1 is 1.13 bits per heavy atom. The third-order valence-electron chi connectivity index (χ3n) is 3.94. The van der Waals surface area contributed by atoms with Gasteiger partial charge in [-0.1, -0.05) is 23.7 Å². The van der Waals surface area contributed by atoms with E-state index in [4.69, 9.17) is 16.0 Å². The molecule has 1 aromatic heterocycles. The van der Waals surface area contributed by atoms with Crippen molar-refractivity contribution in [1.82, 2.24) is 15.1 Å². The van der Waals surface area contributed by atoms with E-state index in [2.05, 4.69) is 15.1 Å². The molecule has 3 rings (SSSR count). The molecule has 0 atom stereocenters. The molecule has 0 amide bonds. The minimum absolute atomic E-state index is 0.0865. The van der Waals surface area contributed by atoms with E-state index < -0.39 is 12.1 Å². The number of alkyl halides is 3. The fourth-order valence-corrected chi connectivity index (χ4v) is 2.83. The Bertz CT molecular complexity index is 649. The van der Waals surface area contributed by atoms with Gasteiger partial charge in [-0.25, -0.2) is 0 Å². The van der Waals surface area contributed by atoms with Crippen molar-refractivity contribution in [1.29, 1.82) is 0 Å². The van der Waals surface area contributed by atoms with Crippen LogP contribution < -0.4 is 0 Å². The molecule has 0 aliphatic carbocycles. The number of hydrogen-bond donors (Lipinski definition) is 0. The van der Waals surface area contributed by atoms with Crippen LogP contribution in [0.15, 0.2) is 28.7 Å². The standard InChI is InChI=1S/C15H15ClF3N3O/c16-12-3-1-10(2-4-12)9-22-7-5-11(6-8-22)13-20-21-14(23-13)15(17,18)19/h1-4,11H,5-9H2. The lowest BCUT2D eigenvalue weighted by Crippen LogP contribution is -2.32. The number of piperidine rings is 1. The molecule has 1 aliphatic rings. The largest absolute Gasteiger partial charge is 0.470 e. The van der Waals surface area contributed by atoms with Crippen molar-refractivity contribution >= 4 is 11.6 Å². The molecule has 1 aliphatic heterocycles. The summed E-state index contributed by atoms with van der Waals surface area (Å²) in [5.41, 5.74) is 1.16. The van der Waals surface area contributed by atoms with E-state index in [-0.39, 0.29) is 11.8 Å². The first-order valence-electron chi connectivity index (χ1n) is 7.29. The van der Waals surface area contributed by atoms with E-state index in [1.54, 1.807) is 0 Å². The molecule has 1 saturated heterocycles. The summed E-state index contributed by atoms with van der Waals surface area (Å²) in [7, 11) is 0. The SMILES string of the molecule is FC(F)(F)c1nnc(C2CCN(Cc3ccc(Cl)cc3)CC2)o1. The molecule has 8 heteroatoms. The fourth-order valence-electron chi connectivity index (χ4n) is 2.70. The van der Waals surface area contributed by atoms with Gasteiger partial charge in [0.2, 0.25) is 5.89 Å². The van der Waals surface area contributed by atoms with Crippen LogP contribution >= 0.6 is 11.6 Å². The lowest BCUT2D eigenvalue weighted by atomic mass is 9.96. The molecule has 4 nitrogen and oxygen atoms in total. The highest BCUT2D eigenvalue weighted by Gasteiger charge is 2.39. The van der Waals surface area contributed by atoms with Gasteiger partial charge in [0.1, 0.15) is 0 Å². The molecule has 0 radical (unpaired) electrons. The van der Waals surface area contributed by atoms with Gasteiger partial charge in [0.15, 0.2) is 0 Å². The maximum Gasteiger partial charge on any atom is 0.470 e. The second kappa shape index (κ2) is 6.49. The predicted octanol–water partition coefficient (Wildman–Crippen LogP) is 4.12. The summed E-state index contributed by atoms with van der Waals surface area (Å²) in [4.78, 5) is 2.25. The van der Waals surface area contributed by atoms with Crippen molar-refractivity contribution < 1.29 is 17.6 Å². The summed E-state index contributed by atoms with van der Waals surface area (Å²) >= 11 is 5.86. The van der Waals surface area contributed by atoms with Crippen molar-refractivity contribution in [3.63, 3.8) is 0 Å². The monoisotopic (exact) mass is 345 g/mol. The Labute approximate surface area is 136 Å². The van der Waals surface area contributed by atoms with Gasteiger partial charge in [0.25, 0.3) is 0 Å². The third-order valence-corrected chi connectivity index (χ3v) is 4.19. The number of benzene rings is 1. The van der Waals surface area contributed by atoms with Gasteiger partial charge in [0.05, 0.1) is 0 Å². The van der Waals surface area contributed by atoms with E-state index in [9.17, 15) is 13.2 Å². The first-order chi connectivity index (χ1) is 10.9. The van der Waals surface area contributed by atoms with Crippen LogP contribution in [0.2, 0.25) is 5.02 Å². The third kappa shape index (κ3) is 4.03. The van der Waals surface area contributed by atoms with E-state index in [0.29, 0.717) is 17.9 Å². The Kier molecular flexibility index (Phi) is 4.59. The van der Waals surface area contributed by atoms with Crippen LogP contribution in [0.5, 0.6) is 0 Å². The zero-order valence-corrected chi connectivity index (χ0v) is 12.9. The van der Waals surface area contributed by atoms with Gasteiger partial charge in [-0.3, -0.25) is 4.90 Å². The van der Waals surface area contributed by atoms with E-state index in [1.165, 1.54) is 0 Å². The maximum atomic E-state index is 12.5. The second-order valence-electron chi connectivity index (χ2n) is 5.62. The molecule has 0 saturated carbocycles. The zero-order valence-electron chi connectivity index (χ0n) is 12.2. The highest BCUT2D eigenvalue weighted by Crippen LogP contribution is 2.32. The smallest absolute Gasteiger partial charge is 0.417 e. The van der Waals surface area contributed by atoms with Crippen molar-refractivity contribution in [3.8, 4) is 0 Å². The zero-order chi connectivity index (χ0) is 16.4. The molecule has 0 spiro atoms. The van der Waals surface area contributed by atoms with Crippen molar-refractivity contribution in [2.24, 2.45) is 0 Å². The molecular weight excluding hydrogens is 331 g/mol. The first kappa shape index (κ1) is 16.3. The van der Waals surface area contributed by atoms with Crippen molar-refractivity contribution in [2.45, 2.75) is 31.5 Å². The second-order valence-corrected chi connectivity index (χ2v) is 6.06. The Balaban J connectivity index is 1.56. The van der Waals surface area contributed by atoms with Gasteiger partial charge in [0, 0.05) is 17.5 Å². The predicted molar refractivity (Wildman–Crippen MR) is 78.0 cm³/mol. The highest BCUT2D eigenvalue weighted by molar-refractivity contribution is 6.30. The molecule has 0 unspecified atom stereocenters. The van der Waals surface area contributed by atoms with Gasteiger partial charge in [-0.2, -0.15) is 13.2 Å². The summed E-state index contributed by atoms with van der Waals surface area (Å²) in [6.45, 7) is 2.34. The van der Waals surface area contributed by atoms with Crippen LogP contribution in [0.25, 0.3) is 0 Å². The summed E-state index contributed by atoms with van der Waals surface area (Å²) < 4.78 is 42.2. The number of nitrogens with zero attached hydrogens (tertiary/aromatic N) is 3. The minimum atomic E-state index is -4.58. The molecule has 0 N–H and O–H groups in total. The number of aromatic nitrogens is 2. The highest BCUT2D eigenvalue weighted by atomic mass is 35.5. The number of halogens is 4. The van der Waals surface area contributed by atoms with Crippen LogP contribution in [-0.4, -0.2) is 28.2 Å². The average Bonchev–Trinajstić information content (AvgIpc) is 3.00. The van der Waals surface area contributed by atoms with E-state index >= 15 is 0 Å². The summed E-state index contributed by atoms with van der Waals surface area (Å²) in [6.07, 6.45) is -3.18. The summed E-state index contributed by atoms with van der Waals surface area (Å²) in [5, 5.41) is 7.34.